The van der Waals surface area contributed by atoms with E-state index in [1.54, 1.807) is 62.4 Å². The number of benzene rings is 2. The third-order valence-corrected chi connectivity index (χ3v) is 7.12. The molecule has 0 fully saturated rings. The maximum Gasteiger partial charge on any atom is 0.261 e. The summed E-state index contributed by atoms with van der Waals surface area (Å²) in [4.78, 5) is 25.3. The molecule has 3 aromatic rings. The highest BCUT2D eigenvalue weighted by atomic mass is 32.2. The lowest BCUT2D eigenvalue weighted by atomic mass is 10.1. The summed E-state index contributed by atoms with van der Waals surface area (Å²) >= 11 is 1.38. The first-order valence-electron chi connectivity index (χ1n) is 10.5. The first kappa shape index (κ1) is 24.6. The molecule has 0 radical (unpaired) electrons. The van der Waals surface area contributed by atoms with Crippen molar-refractivity contribution in [3.63, 3.8) is 0 Å². The van der Waals surface area contributed by atoms with Crippen molar-refractivity contribution in [1.82, 2.24) is 15.4 Å². The SMILES string of the molecule is CC(C)NS(=O)(=O)Cc1ccccc1CNC(=O)c1ccc(CNC(=O)c2cccs2)cc1. The molecular weight excluding hydrogens is 458 g/mol. The lowest BCUT2D eigenvalue weighted by Gasteiger charge is -2.13. The quantitative estimate of drug-likeness (QED) is 0.409. The van der Waals surface area contributed by atoms with Gasteiger partial charge >= 0.3 is 0 Å². The summed E-state index contributed by atoms with van der Waals surface area (Å²) in [5.74, 6) is -0.540. The summed E-state index contributed by atoms with van der Waals surface area (Å²) in [6.07, 6.45) is 0. The van der Waals surface area contributed by atoms with Gasteiger partial charge in [0.15, 0.2) is 0 Å². The molecular formula is C24H27N3O4S2. The molecule has 0 spiro atoms. The molecule has 9 heteroatoms. The van der Waals surface area contributed by atoms with Crippen LogP contribution in [0, 0.1) is 0 Å². The van der Waals surface area contributed by atoms with E-state index in [1.165, 1.54) is 11.3 Å². The molecule has 0 bridgehead atoms. The van der Waals surface area contributed by atoms with E-state index in [2.05, 4.69) is 15.4 Å². The van der Waals surface area contributed by atoms with Crippen LogP contribution in [-0.4, -0.2) is 26.3 Å². The van der Waals surface area contributed by atoms with Gasteiger partial charge in [-0.1, -0.05) is 42.5 Å². The third kappa shape index (κ3) is 7.52. The Balaban J connectivity index is 1.56. The van der Waals surface area contributed by atoms with Gasteiger partial charge in [0, 0.05) is 24.7 Å². The molecule has 2 amide bonds. The Kier molecular flexibility index (Phi) is 8.37. The highest BCUT2D eigenvalue weighted by Crippen LogP contribution is 2.13. The lowest BCUT2D eigenvalue weighted by molar-refractivity contribution is 0.0943. The third-order valence-electron chi connectivity index (χ3n) is 4.73. The van der Waals surface area contributed by atoms with Crippen LogP contribution in [0.15, 0.2) is 66.0 Å². The van der Waals surface area contributed by atoms with Crippen LogP contribution in [-0.2, 0) is 28.9 Å². The first-order chi connectivity index (χ1) is 15.7. The van der Waals surface area contributed by atoms with E-state index >= 15 is 0 Å². The van der Waals surface area contributed by atoms with Crippen LogP contribution < -0.4 is 15.4 Å². The van der Waals surface area contributed by atoms with E-state index in [0.29, 0.717) is 22.5 Å². The van der Waals surface area contributed by atoms with E-state index in [9.17, 15) is 18.0 Å². The summed E-state index contributed by atoms with van der Waals surface area (Å²) < 4.78 is 27.2. The van der Waals surface area contributed by atoms with Crippen molar-refractivity contribution in [2.24, 2.45) is 0 Å². The average Bonchev–Trinajstić information content (AvgIpc) is 3.31. The van der Waals surface area contributed by atoms with Crippen molar-refractivity contribution < 1.29 is 18.0 Å². The molecule has 2 aromatic carbocycles. The van der Waals surface area contributed by atoms with E-state index < -0.39 is 10.0 Å². The topological polar surface area (TPSA) is 104 Å². The highest BCUT2D eigenvalue weighted by Gasteiger charge is 2.16. The normalized spacial score (nSPS) is 11.4. The fraction of sp³-hybridized carbons (Fsp3) is 0.250. The van der Waals surface area contributed by atoms with Crippen LogP contribution in [0.25, 0.3) is 0 Å². The number of rotatable bonds is 10. The fourth-order valence-corrected chi connectivity index (χ4v) is 5.34. The Morgan fingerprint density at radius 1 is 0.848 bits per heavy atom. The summed E-state index contributed by atoms with van der Waals surface area (Å²) in [7, 11) is -3.47. The zero-order valence-electron chi connectivity index (χ0n) is 18.5. The molecule has 3 N–H and O–H groups in total. The number of nitrogens with one attached hydrogen (secondary N) is 3. The number of hydrogen-bond acceptors (Lipinski definition) is 5. The number of thiophene rings is 1. The molecule has 0 saturated carbocycles. The Hall–Kier alpha value is -3.01. The molecule has 174 valence electrons. The van der Waals surface area contributed by atoms with Gasteiger partial charge in [0.05, 0.1) is 10.6 Å². The van der Waals surface area contributed by atoms with Gasteiger partial charge in [-0.2, -0.15) is 0 Å². The van der Waals surface area contributed by atoms with E-state index in [1.807, 2.05) is 17.5 Å². The van der Waals surface area contributed by atoms with Crippen LogP contribution >= 0.6 is 11.3 Å². The molecule has 0 aliphatic rings. The number of carbonyl (C=O) groups is 2. The highest BCUT2D eigenvalue weighted by molar-refractivity contribution is 7.88. The zero-order valence-corrected chi connectivity index (χ0v) is 20.1. The van der Waals surface area contributed by atoms with Gasteiger partial charge in [0.25, 0.3) is 11.8 Å². The zero-order chi connectivity index (χ0) is 23.8. The second-order valence-electron chi connectivity index (χ2n) is 7.84. The molecule has 0 aliphatic heterocycles. The van der Waals surface area contributed by atoms with Crippen LogP contribution in [0.3, 0.4) is 0 Å². The molecule has 1 heterocycles. The van der Waals surface area contributed by atoms with Crippen molar-refractivity contribution in [1.29, 1.82) is 0 Å². The van der Waals surface area contributed by atoms with Crippen molar-refractivity contribution in [3.8, 4) is 0 Å². The van der Waals surface area contributed by atoms with E-state index in [4.69, 9.17) is 0 Å². The molecule has 7 nitrogen and oxygen atoms in total. The number of carbonyl (C=O) groups excluding carboxylic acids is 2. The first-order valence-corrected chi connectivity index (χ1v) is 13.0. The van der Waals surface area contributed by atoms with Gasteiger partial charge in [-0.15, -0.1) is 11.3 Å². The molecule has 0 unspecified atom stereocenters. The minimum Gasteiger partial charge on any atom is -0.348 e. The Morgan fingerprint density at radius 2 is 1.52 bits per heavy atom. The van der Waals surface area contributed by atoms with Crippen molar-refractivity contribution in [3.05, 3.63) is 93.2 Å². The molecule has 0 saturated heterocycles. The smallest absolute Gasteiger partial charge is 0.261 e. The summed E-state index contributed by atoms with van der Waals surface area (Å²) in [5, 5.41) is 7.55. The predicted octanol–water partition coefficient (Wildman–Crippen LogP) is 3.44. The number of sulfonamides is 1. The van der Waals surface area contributed by atoms with Gasteiger partial charge in [0.2, 0.25) is 10.0 Å². The average molecular weight is 486 g/mol. The van der Waals surface area contributed by atoms with Crippen LogP contribution in [0.5, 0.6) is 0 Å². The molecule has 0 aliphatic carbocycles. The summed E-state index contributed by atoms with van der Waals surface area (Å²) in [6.45, 7) is 4.12. The fourth-order valence-electron chi connectivity index (χ4n) is 3.21. The van der Waals surface area contributed by atoms with E-state index in [-0.39, 0.29) is 30.2 Å². The maximum absolute atomic E-state index is 12.6. The summed E-state index contributed by atoms with van der Waals surface area (Å²) in [5.41, 5.74) is 2.75. The minimum atomic E-state index is -3.47. The van der Waals surface area contributed by atoms with Gasteiger partial charge in [-0.05, 0) is 54.1 Å². The van der Waals surface area contributed by atoms with Crippen LogP contribution in [0.1, 0.15) is 50.6 Å². The van der Waals surface area contributed by atoms with Crippen molar-refractivity contribution in [2.75, 3.05) is 0 Å². The summed E-state index contributed by atoms with van der Waals surface area (Å²) in [6, 6.07) is 17.5. The van der Waals surface area contributed by atoms with Gasteiger partial charge < -0.3 is 10.6 Å². The van der Waals surface area contributed by atoms with Crippen molar-refractivity contribution in [2.45, 2.75) is 38.7 Å². The van der Waals surface area contributed by atoms with Gasteiger partial charge in [-0.3, -0.25) is 9.59 Å². The maximum atomic E-state index is 12.6. The molecule has 33 heavy (non-hydrogen) atoms. The molecule has 0 atom stereocenters. The van der Waals surface area contributed by atoms with Gasteiger partial charge in [0.1, 0.15) is 0 Å². The predicted molar refractivity (Wildman–Crippen MR) is 130 cm³/mol. The Labute approximate surface area is 198 Å². The van der Waals surface area contributed by atoms with Gasteiger partial charge in [-0.25, -0.2) is 13.1 Å². The standard InChI is InChI=1S/C24H27N3O4S2/c1-17(2)27-33(30,31)16-21-7-4-3-6-20(21)15-26-23(28)19-11-9-18(10-12-19)14-25-24(29)22-8-5-13-32-22/h3-13,17,27H,14-16H2,1-2H3,(H,25,29)(H,26,28). The molecule has 3 rings (SSSR count). The van der Waals surface area contributed by atoms with Crippen LogP contribution in [0.2, 0.25) is 0 Å². The van der Waals surface area contributed by atoms with Crippen molar-refractivity contribution >= 4 is 33.2 Å². The lowest BCUT2D eigenvalue weighted by Crippen LogP contribution is -2.32. The Bertz CT molecular complexity index is 1190. The number of amides is 2. The second-order valence-corrected chi connectivity index (χ2v) is 10.5. The molecule has 1 aromatic heterocycles. The minimum absolute atomic E-state index is 0.129. The largest absolute Gasteiger partial charge is 0.348 e. The Morgan fingerprint density at radius 3 is 2.15 bits per heavy atom. The van der Waals surface area contributed by atoms with E-state index in [0.717, 1.165) is 11.1 Å². The second kappa shape index (κ2) is 11.2. The van der Waals surface area contributed by atoms with Crippen LogP contribution in [0.4, 0.5) is 0 Å². The monoisotopic (exact) mass is 485 g/mol. The number of hydrogen-bond donors (Lipinski definition) is 3.